The van der Waals surface area contributed by atoms with E-state index in [1.807, 2.05) is 54.3 Å². The molecule has 126 valence electrons. The summed E-state index contributed by atoms with van der Waals surface area (Å²) in [5, 5.41) is 0. The molecule has 1 aliphatic rings. The Morgan fingerprint density at radius 2 is 1.67 bits per heavy atom. The minimum Gasteiger partial charge on any atom is -0.496 e. The molecule has 2 aromatic carbocycles. The van der Waals surface area contributed by atoms with E-state index in [9.17, 15) is 4.79 Å². The van der Waals surface area contributed by atoms with Gasteiger partial charge in [-0.05, 0) is 25.1 Å². The molecular weight excluding hydrogens is 300 g/mol. The van der Waals surface area contributed by atoms with Crippen molar-refractivity contribution in [1.82, 2.24) is 9.80 Å². The molecule has 0 bridgehead atoms. The van der Waals surface area contributed by atoms with Crippen LogP contribution in [0.1, 0.15) is 21.5 Å². The lowest BCUT2D eigenvalue weighted by Crippen LogP contribution is -2.48. The summed E-state index contributed by atoms with van der Waals surface area (Å²) < 4.78 is 5.42. The van der Waals surface area contributed by atoms with Gasteiger partial charge in [-0.1, -0.05) is 35.9 Å². The van der Waals surface area contributed by atoms with Gasteiger partial charge in [0.1, 0.15) is 5.75 Å². The van der Waals surface area contributed by atoms with Gasteiger partial charge in [-0.2, -0.15) is 0 Å². The first-order valence-corrected chi connectivity index (χ1v) is 8.37. The van der Waals surface area contributed by atoms with Gasteiger partial charge in [0.25, 0.3) is 5.91 Å². The fourth-order valence-corrected chi connectivity index (χ4v) is 3.06. The zero-order valence-corrected chi connectivity index (χ0v) is 14.4. The minimum absolute atomic E-state index is 0.131. The van der Waals surface area contributed by atoms with Gasteiger partial charge in [-0.15, -0.1) is 0 Å². The van der Waals surface area contributed by atoms with Crippen molar-refractivity contribution in [2.75, 3.05) is 33.3 Å². The SMILES string of the molecule is COc1ccccc1CN1CCN(C(=O)c2ccc(C)cc2)CC1. The lowest BCUT2D eigenvalue weighted by molar-refractivity contribution is 0.0627. The van der Waals surface area contributed by atoms with Crippen LogP contribution in [0, 0.1) is 6.92 Å². The number of hydrogen-bond acceptors (Lipinski definition) is 3. The summed E-state index contributed by atoms with van der Waals surface area (Å²) in [4.78, 5) is 16.9. The zero-order valence-electron chi connectivity index (χ0n) is 14.4. The van der Waals surface area contributed by atoms with Gasteiger partial charge in [0.15, 0.2) is 0 Å². The van der Waals surface area contributed by atoms with Gasteiger partial charge in [-0.3, -0.25) is 9.69 Å². The van der Waals surface area contributed by atoms with Crippen molar-refractivity contribution < 1.29 is 9.53 Å². The van der Waals surface area contributed by atoms with Crippen LogP contribution >= 0.6 is 0 Å². The molecule has 0 aromatic heterocycles. The summed E-state index contributed by atoms with van der Waals surface area (Å²) in [5.41, 5.74) is 3.14. The number of nitrogens with zero attached hydrogens (tertiary/aromatic N) is 2. The number of piperazine rings is 1. The van der Waals surface area contributed by atoms with Crippen LogP contribution < -0.4 is 4.74 Å². The van der Waals surface area contributed by atoms with E-state index in [1.165, 1.54) is 11.1 Å². The van der Waals surface area contributed by atoms with E-state index in [4.69, 9.17) is 4.74 Å². The van der Waals surface area contributed by atoms with Gasteiger partial charge in [0.05, 0.1) is 7.11 Å². The molecule has 0 spiro atoms. The Morgan fingerprint density at radius 3 is 2.33 bits per heavy atom. The highest BCUT2D eigenvalue weighted by molar-refractivity contribution is 5.94. The van der Waals surface area contributed by atoms with Crippen LogP contribution in [0.5, 0.6) is 5.75 Å². The molecule has 0 saturated carbocycles. The van der Waals surface area contributed by atoms with Crippen LogP contribution in [0.2, 0.25) is 0 Å². The molecule has 3 rings (SSSR count). The maximum Gasteiger partial charge on any atom is 0.253 e. The molecule has 0 atom stereocenters. The average molecular weight is 324 g/mol. The van der Waals surface area contributed by atoms with E-state index in [1.54, 1.807) is 7.11 Å². The van der Waals surface area contributed by atoms with E-state index in [-0.39, 0.29) is 5.91 Å². The molecule has 0 aliphatic carbocycles. The molecule has 4 heteroatoms. The molecule has 0 N–H and O–H groups in total. The highest BCUT2D eigenvalue weighted by Crippen LogP contribution is 2.20. The Hall–Kier alpha value is -2.33. The first-order chi connectivity index (χ1) is 11.7. The van der Waals surface area contributed by atoms with Gasteiger partial charge in [0.2, 0.25) is 0 Å². The third kappa shape index (κ3) is 3.77. The van der Waals surface area contributed by atoms with Gasteiger partial charge in [-0.25, -0.2) is 0 Å². The number of carbonyl (C=O) groups excluding carboxylic acids is 1. The molecule has 4 nitrogen and oxygen atoms in total. The summed E-state index contributed by atoms with van der Waals surface area (Å²) in [6.07, 6.45) is 0. The van der Waals surface area contributed by atoms with E-state index in [0.717, 1.165) is 44.0 Å². The second kappa shape index (κ2) is 7.49. The Kier molecular flexibility index (Phi) is 5.16. The molecule has 1 aliphatic heterocycles. The topological polar surface area (TPSA) is 32.8 Å². The maximum atomic E-state index is 12.6. The van der Waals surface area contributed by atoms with Crippen LogP contribution in [0.3, 0.4) is 0 Å². The lowest BCUT2D eigenvalue weighted by Gasteiger charge is -2.35. The Morgan fingerprint density at radius 1 is 1.00 bits per heavy atom. The fraction of sp³-hybridized carbons (Fsp3) is 0.350. The summed E-state index contributed by atoms with van der Waals surface area (Å²) in [6, 6.07) is 15.9. The summed E-state index contributed by atoms with van der Waals surface area (Å²) in [6.45, 7) is 6.19. The predicted octanol–water partition coefficient (Wildman–Crippen LogP) is 2.96. The molecule has 1 amide bonds. The normalized spacial score (nSPS) is 15.3. The molecule has 0 unspecified atom stereocenters. The number of benzene rings is 2. The Balaban J connectivity index is 1.57. The number of hydrogen-bond donors (Lipinski definition) is 0. The van der Waals surface area contributed by atoms with Crippen LogP contribution in [-0.4, -0.2) is 49.0 Å². The average Bonchev–Trinajstić information content (AvgIpc) is 2.63. The van der Waals surface area contributed by atoms with Crippen molar-refractivity contribution >= 4 is 5.91 Å². The molecule has 0 radical (unpaired) electrons. The fourth-order valence-electron chi connectivity index (χ4n) is 3.06. The molecular formula is C20H24N2O2. The number of amides is 1. The van der Waals surface area contributed by atoms with Crippen molar-refractivity contribution in [2.24, 2.45) is 0 Å². The smallest absolute Gasteiger partial charge is 0.253 e. The largest absolute Gasteiger partial charge is 0.496 e. The van der Waals surface area contributed by atoms with Crippen molar-refractivity contribution in [3.05, 3.63) is 65.2 Å². The van der Waals surface area contributed by atoms with Crippen molar-refractivity contribution in [2.45, 2.75) is 13.5 Å². The summed E-state index contributed by atoms with van der Waals surface area (Å²) in [7, 11) is 1.71. The summed E-state index contributed by atoms with van der Waals surface area (Å²) in [5.74, 6) is 1.06. The standard InChI is InChI=1S/C20H24N2O2/c1-16-7-9-17(10-8-16)20(23)22-13-11-21(12-14-22)15-18-5-3-4-6-19(18)24-2/h3-10H,11-15H2,1-2H3. The molecule has 1 saturated heterocycles. The Labute approximate surface area is 143 Å². The molecule has 1 fully saturated rings. The first kappa shape index (κ1) is 16.5. The second-order valence-corrected chi connectivity index (χ2v) is 6.25. The van der Waals surface area contributed by atoms with E-state index < -0.39 is 0 Å². The number of para-hydroxylation sites is 1. The predicted molar refractivity (Wildman–Crippen MR) is 95.4 cm³/mol. The van der Waals surface area contributed by atoms with Crippen molar-refractivity contribution in [3.63, 3.8) is 0 Å². The number of methoxy groups -OCH3 is 1. The van der Waals surface area contributed by atoms with Crippen LogP contribution in [0.15, 0.2) is 48.5 Å². The van der Waals surface area contributed by atoms with Crippen molar-refractivity contribution in [3.8, 4) is 5.75 Å². The molecule has 24 heavy (non-hydrogen) atoms. The second-order valence-electron chi connectivity index (χ2n) is 6.25. The Bertz CT molecular complexity index is 689. The number of aryl methyl sites for hydroxylation is 1. The third-order valence-corrected chi connectivity index (χ3v) is 4.54. The van der Waals surface area contributed by atoms with Gasteiger partial charge >= 0.3 is 0 Å². The number of rotatable bonds is 4. The zero-order chi connectivity index (χ0) is 16.9. The monoisotopic (exact) mass is 324 g/mol. The van der Waals surface area contributed by atoms with Crippen LogP contribution in [0.4, 0.5) is 0 Å². The quantitative estimate of drug-likeness (QED) is 0.867. The third-order valence-electron chi connectivity index (χ3n) is 4.54. The number of ether oxygens (including phenoxy) is 1. The van der Waals surface area contributed by atoms with E-state index in [2.05, 4.69) is 11.0 Å². The van der Waals surface area contributed by atoms with Gasteiger partial charge in [0, 0.05) is 43.9 Å². The lowest BCUT2D eigenvalue weighted by atomic mass is 10.1. The van der Waals surface area contributed by atoms with Crippen LogP contribution in [0.25, 0.3) is 0 Å². The summed E-state index contributed by atoms with van der Waals surface area (Å²) >= 11 is 0. The van der Waals surface area contributed by atoms with Crippen molar-refractivity contribution in [1.29, 1.82) is 0 Å². The molecule has 1 heterocycles. The maximum absolute atomic E-state index is 12.6. The highest BCUT2D eigenvalue weighted by atomic mass is 16.5. The van der Waals surface area contributed by atoms with Crippen LogP contribution in [-0.2, 0) is 6.54 Å². The van der Waals surface area contributed by atoms with E-state index >= 15 is 0 Å². The molecule has 2 aromatic rings. The van der Waals surface area contributed by atoms with E-state index in [0.29, 0.717) is 0 Å². The number of carbonyl (C=O) groups is 1. The highest BCUT2D eigenvalue weighted by Gasteiger charge is 2.22. The van der Waals surface area contributed by atoms with Gasteiger partial charge < -0.3 is 9.64 Å². The minimum atomic E-state index is 0.131. The first-order valence-electron chi connectivity index (χ1n) is 8.37.